The molecule has 2 aromatic rings. The van der Waals surface area contributed by atoms with Gasteiger partial charge in [-0.15, -0.1) is 0 Å². The average molecular weight is 317 g/mol. The van der Waals surface area contributed by atoms with E-state index in [-0.39, 0.29) is 17.8 Å². The standard InChI is InChI=1S/C18H20FNO3/c1-12(16-6-4-5-7-17(16)22-3)20-18(21)13(2)23-15-10-8-14(19)9-11-15/h4-13H,1-3H3,(H,20,21)/t12-,13-/m0/s1. The lowest BCUT2D eigenvalue weighted by molar-refractivity contribution is -0.127. The Hall–Kier alpha value is -2.56. The Labute approximate surface area is 135 Å². The Morgan fingerprint density at radius 2 is 1.74 bits per heavy atom. The Balaban J connectivity index is 1.98. The van der Waals surface area contributed by atoms with Crippen molar-refractivity contribution in [3.63, 3.8) is 0 Å². The Bertz CT molecular complexity index is 658. The number of nitrogens with one attached hydrogen (secondary N) is 1. The highest BCUT2D eigenvalue weighted by Gasteiger charge is 2.19. The van der Waals surface area contributed by atoms with Crippen LogP contribution in [-0.2, 0) is 4.79 Å². The minimum Gasteiger partial charge on any atom is -0.496 e. The van der Waals surface area contributed by atoms with Gasteiger partial charge >= 0.3 is 0 Å². The fourth-order valence-electron chi connectivity index (χ4n) is 2.20. The molecule has 0 unspecified atom stereocenters. The van der Waals surface area contributed by atoms with Gasteiger partial charge in [0.25, 0.3) is 5.91 Å². The first-order chi connectivity index (χ1) is 11.0. The fraction of sp³-hybridized carbons (Fsp3) is 0.278. The maximum Gasteiger partial charge on any atom is 0.261 e. The van der Waals surface area contributed by atoms with Gasteiger partial charge in [0.15, 0.2) is 6.10 Å². The molecule has 0 spiro atoms. The predicted octanol–water partition coefficient (Wildman–Crippen LogP) is 3.48. The van der Waals surface area contributed by atoms with Crippen molar-refractivity contribution in [1.29, 1.82) is 0 Å². The largest absolute Gasteiger partial charge is 0.496 e. The zero-order valence-corrected chi connectivity index (χ0v) is 13.4. The highest BCUT2D eigenvalue weighted by Crippen LogP contribution is 2.24. The number of para-hydroxylation sites is 1. The van der Waals surface area contributed by atoms with Gasteiger partial charge in [-0.05, 0) is 44.2 Å². The fourth-order valence-corrected chi connectivity index (χ4v) is 2.20. The van der Waals surface area contributed by atoms with Crippen molar-refractivity contribution < 1.29 is 18.7 Å². The molecule has 0 fully saturated rings. The second-order valence-corrected chi connectivity index (χ2v) is 5.19. The number of hydrogen-bond donors (Lipinski definition) is 1. The summed E-state index contributed by atoms with van der Waals surface area (Å²) in [4.78, 5) is 12.2. The Morgan fingerprint density at radius 1 is 1.09 bits per heavy atom. The molecule has 0 aromatic heterocycles. The normalized spacial score (nSPS) is 13.0. The second-order valence-electron chi connectivity index (χ2n) is 5.19. The van der Waals surface area contributed by atoms with Crippen molar-refractivity contribution in [2.45, 2.75) is 26.0 Å². The summed E-state index contributed by atoms with van der Waals surface area (Å²) >= 11 is 0. The van der Waals surface area contributed by atoms with Crippen LogP contribution in [0.1, 0.15) is 25.5 Å². The van der Waals surface area contributed by atoms with Crippen molar-refractivity contribution >= 4 is 5.91 Å². The predicted molar refractivity (Wildman–Crippen MR) is 86.0 cm³/mol. The third-order valence-electron chi connectivity index (χ3n) is 3.46. The Kier molecular flexibility index (Phi) is 5.57. The molecule has 0 saturated carbocycles. The molecule has 0 aliphatic heterocycles. The number of halogens is 1. The molecule has 0 heterocycles. The van der Waals surface area contributed by atoms with Crippen molar-refractivity contribution in [3.05, 3.63) is 59.9 Å². The number of hydrogen-bond acceptors (Lipinski definition) is 3. The summed E-state index contributed by atoms with van der Waals surface area (Å²) in [5.74, 6) is 0.554. The highest BCUT2D eigenvalue weighted by molar-refractivity contribution is 5.81. The van der Waals surface area contributed by atoms with E-state index in [2.05, 4.69) is 5.32 Å². The first kappa shape index (κ1) is 16.8. The van der Waals surface area contributed by atoms with E-state index in [1.54, 1.807) is 14.0 Å². The van der Waals surface area contributed by atoms with Crippen molar-refractivity contribution in [3.8, 4) is 11.5 Å². The molecule has 1 amide bonds. The van der Waals surface area contributed by atoms with Crippen LogP contribution in [0.2, 0.25) is 0 Å². The summed E-state index contributed by atoms with van der Waals surface area (Å²) in [6.45, 7) is 3.52. The molecule has 2 rings (SSSR count). The molecule has 0 radical (unpaired) electrons. The van der Waals surface area contributed by atoms with Crippen LogP contribution >= 0.6 is 0 Å². The lowest BCUT2D eigenvalue weighted by Gasteiger charge is -2.20. The zero-order chi connectivity index (χ0) is 16.8. The van der Waals surface area contributed by atoms with Crippen LogP contribution in [0.5, 0.6) is 11.5 Å². The van der Waals surface area contributed by atoms with Gasteiger partial charge in [-0.3, -0.25) is 4.79 Å². The molecule has 2 atom stereocenters. The van der Waals surface area contributed by atoms with Crippen LogP contribution in [0.3, 0.4) is 0 Å². The summed E-state index contributed by atoms with van der Waals surface area (Å²) in [6, 6.07) is 12.8. The number of amides is 1. The van der Waals surface area contributed by atoms with E-state index >= 15 is 0 Å². The topological polar surface area (TPSA) is 47.6 Å². The lowest BCUT2D eigenvalue weighted by atomic mass is 10.1. The van der Waals surface area contributed by atoms with Gasteiger partial charge in [-0.1, -0.05) is 18.2 Å². The molecular formula is C18H20FNO3. The molecule has 0 saturated heterocycles. The number of methoxy groups -OCH3 is 1. The van der Waals surface area contributed by atoms with Crippen LogP contribution in [0.25, 0.3) is 0 Å². The number of rotatable bonds is 6. The van der Waals surface area contributed by atoms with Crippen LogP contribution < -0.4 is 14.8 Å². The van der Waals surface area contributed by atoms with Gasteiger partial charge in [0.05, 0.1) is 13.2 Å². The van der Waals surface area contributed by atoms with E-state index in [0.29, 0.717) is 11.5 Å². The van der Waals surface area contributed by atoms with Gasteiger partial charge in [-0.25, -0.2) is 4.39 Å². The molecule has 0 aliphatic carbocycles. The summed E-state index contributed by atoms with van der Waals surface area (Å²) in [5, 5.41) is 2.88. The SMILES string of the molecule is COc1ccccc1[C@H](C)NC(=O)[C@H](C)Oc1ccc(F)cc1. The number of ether oxygens (including phenoxy) is 2. The van der Waals surface area contributed by atoms with E-state index in [1.807, 2.05) is 31.2 Å². The number of carbonyl (C=O) groups excluding carboxylic acids is 1. The van der Waals surface area contributed by atoms with Crippen LogP contribution in [0.4, 0.5) is 4.39 Å². The van der Waals surface area contributed by atoms with Crippen LogP contribution in [0, 0.1) is 5.82 Å². The number of benzene rings is 2. The summed E-state index contributed by atoms with van der Waals surface area (Å²) in [6.07, 6.45) is -0.697. The van der Waals surface area contributed by atoms with Gasteiger partial charge in [0.1, 0.15) is 17.3 Å². The van der Waals surface area contributed by atoms with Crippen molar-refractivity contribution in [1.82, 2.24) is 5.32 Å². The summed E-state index contributed by atoms with van der Waals surface area (Å²) in [5.41, 5.74) is 0.886. The minimum absolute atomic E-state index is 0.224. The highest BCUT2D eigenvalue weighted by atomic mass is 19.1. The maximum absolute atomic E-state index is 12.9. The van der Waals surface area contributed by atoms with Gasteiger partial charge in [0.2, 0.25) is 0 Å². The van der Waals surface area contributed by atoms with E-state index in [1.165, 1.54) is 24.3 Å². The molecule has 2 aromatic carbocycles. The van der Waals surface area contributed by atoms with E-state index < -0.39 is 6.10 Å². The molecular weight excluding hydrogens is 297 g/mol. The van der Waals surface area contributed by atoms with Crippen LogP contribution in [-0.4, -0.2) is 19.1 Å². The van der Waals surface area contributed by atoms with Gasteiger partial charge < -0.3 is 14.8 Å². The molecule has 5 heteroatoms. The molecule has 0 bridgehead atoms. The molecule has 1 N–H and O–H groups in total. The summed E-state index contributed by atoms with van der Waals surface area (Å²) in [7, 11) is 1.59. The molecule has 0 aliphatic rings. The van der Waals surface area contributed by atoms with Gasteiger partial charge in [-0.2, -0.15) is 0 Å². The molecule has 122 valence electrons. The van der Waals surface area contributed by atoms with E-state index in [4.69, 9.17) is 9.47 Å². The quantitative estimate of drug-likeness (QED) is 0.887. The summed E-state index contributed by atoms with van der Waals surface area (Å²) < 4.78 is 23.7. The van der Waals surface area contributed by atoms with Gasteiger partial charge in [0, 0.05) is 5.56 Å². The van der Waals surface area contributed by atoms with Crippen molar-refractivity contribution in [2.24, 2.45) is 0 Å². The first-order valence-corrected chi connectivity index (χ1v) is 7.36. The van der Waals surface area contributed by atoms with E-state index in [9.17, 15) is 9.18 Å². The van der Waals surface area contributed by atoms with Crippen LogP contribution in [0.15, 0.2) is 48.5 Å². The smallest absolute Gasteiger partial charge is 0.261 e. The minimum atomic E-state index is -0.697. The Morgan fingerprint density at radius 3 is 2.39 bits per heavy atom. The third-order valence-corrected chi connectivity index (χ3v) is 3.46. The van der Waals surface area contributed by atoms with E-state index in [0.717, 1.165) is 5.56 Å². The molecule has 23 heavy (non-hydrogen) atoms. The lowest BCUT2D eigenvalue weighted by Crippen LogP contribution is -2.37. The zero-order valence-electron chi connectivity index (χ0n) is 13.4. The second kappa shape index (κ2) is 7.63. The number of carbonyl (C=O) groups is 1. The average Bonchev–Trinajstić information content (AvgIpc) is 2.56. The third kappa shape index (κ3) is 4.45. The maximum atomic E-state index is 12.9. The molecule has 4 nitrogen and oxygen atoms in total. The monoisotopic (exact) mass is 317 g/mol. The first-order valence-electron chi connectivity index (χ1n) is 7.36. The van der Waals surface area contributed by atoms with Crippen molar-refractivity contribution in [2.75, 3.05) is 7.11 Å².